The van der Waals surface area contributed by atoms with Crippen LogP contribution in [0.4, 0.5) is 10.5 Å². The highest BCUT2D eigenvalue weighted by atomic mass is 32.2. The van der Waals surface area contributed by atoms with Crippen molar-refractivity contribution >= 4 is 23.5 Å². The summed E-state index contributed by atoms with van der Waals surface area (Å²) in [6.45, 7) is 1.00. The van der Waals surface area contributed by atoms with E-state index in [2.05, 4.69) is 21.4 Å². The van der Waals surface area contributed by atoms with E-state index >= 15 is 0 Å². The molecule has 126 valence electrons. The fourth-order valence-corrected chi connectivity index (χ4v) is 4.39. The Bertz CT molecular complexity index is 715. The molecule has 2 heterocycles. The Hall–Kier alpha value is -1.95. The second kappa shape index (κ2) is 6.89. The number of aryl methyl sites for hydroxylation is 1. The van der Waals surface area contributed by atoms with E-state index in [-0.39, 0.29) is 6.03 Å². The Kier molecular flexibility index (Phi) is 4.47. The molecule has 0 unspecified atom stereocenters. The highest BCUT2D eigenvalue weighted by Gasteiger charge is 2.19. The van der Waals surface area contributed by atoms with Crippen LogP contribution in [0.3, 0.4) is 0 Å². The summed E-state index contributed by atoms with van der Waals surface area (Å²) in [5.41, 5.74) is 2.71. The Labute approximate surface area is 146 Å². The van der Waals surface area contributed by atoms with Gasteiger partial charge in [0.1, 0.15) is 0 Å². The molecule has 1 aromatic heterocycles. The van der Waals surface area contributed by atoms with Gasteiger partial charge < -0.3 is 15.2 Å². The molecule has 1 aliphatic carbocycles. The maximum atomic E-state index is 12.4. The number of fused-ring (bicyclic) bond motifs is 1. The Morgan fingerprint density at radius 2 is 2.04 bits per heavy atom. The predicted molar refractivity (Wildman–Crippen MR) is 97.4 cm³/mol. The average Bonchev–Trinajstić information content (AvgIpc) is 3.18. The quantitative estimate of drug-likeness (QED) is 0.882. The maximum Gasteiger partial charge on any atom is 0.319 e. The lowest BCUT2D eigenvalue weighted by atomic mass is 9.96. The van der Waals surface area contributed by atoms with Crippen molar-refractivity contribution in [3.05, 3.63) is 30.5 Å². The molecule has 2 N–H and O–H groups in total. The van der Waals surface area contributed by atoms with Gasteiger partial charge in [-0.15, -0.1) is 0 Å². The van der Waals surface area contributed by atoms with E-state index in [0.29, 0.717) is 6.04 Å². The molecule has 2 amide bonds. The number of carbonyl (C=O) groups excluding carboxylic acids is 1. The van der Waals surface area contributed by atoms with Gasteiger partial charge in [-0.25, -0.2) is 9.78 Å². The van der Waals surface area contributed by atoms with Crippen LogP contribution in [0.25, 0.3) is 11.3 Å². The predicted octanol–water partition coefficient (Wildman–Crippen LogP) is 4.11. The van der Waals surface area contributed by atoms with Crippen LogP contribution in [-0.2, 0) is 6.54 Å². The van der Waals surface area contributed by atoms with Crippen molar-refractivity contribution in [1.29, 1.82) is 0 Å². The summed E-state index contributed by atoms with van der Waals surface area (Å²) in [4.78, 5) is 17.1. The summed E-state index contributed by atoms with van der Waals surface area (Å²) in [7, 11) is 0. The molecular weight excluding hydrogens is 320 g/mol. The van der Waals surface area contributed by atoms with Crippen molar-refractivity contribution in [3.8, 4) is 11.3 Å². The second-order valence-electron chi connectivity index (χ2n) is 6.43. The van der Waals surface area contributed by atoms with Crippen LogP contribution in [0.15, 0.2) is 35.6 Å². The van der Waals surface area contributed by atoms with Gasteiger partial charge in [-0.3, -0.25) is 0 Å². The smallest absolute Gasteiger partial charge is 0.319 e. The van der Waals surface area contributed by atoms with Crippen molar-refractivity contribution in [2.75, 3.05) is 11.1 Å². The van der Waals surface area contributed by atoms with Crippen LogP contribution in [0.5, 0.6) is 0 Å². The van der Waals surface area contributed by atoms with E-state index < -0.39 is 0 Å². The molecule has 1 saturated carbocycles. The molecule has 0 spiro atoms. The first-order valence-electron chi connectivity index (χ1n) is 8.66. The van der Waals surface area contributed by atoms with Crippen LogP contribution in [0.2, 0.25) is 0 Å². The molecule has 0 bridgehead atoms. The number of anilines is 1. The molecule has 5 nitrogen and oxygen atoms in total. The molecule has 1 aliphatic heterocycles. The number of carbonyl (C=O) groups is 1. The molecule has 2 aliphatic rings. The zero-order valence-electron chi connectivity index (χ0n) is 13.6. The van der Waals surface area contributed by atoms with Crippen molar-refractivity contribution in [2.24, 2.45) is 0 Å². The molecule has 6 heteroatoms. The average molecular weight is 342 g/mol. The van der Waals surface area contributed by atoms with E-state index in [1.165, 1.54) is 19.3 Å². The number of imidazole rings is 1. The number of nitrogens with one attached hydrogen (secondary N) is 2. The summed E-state index contributed by atoms with van der Waals surface area (Å²) in [5, 5.41) is 7.18. The van der Waals surface area contributed by atoms with Gasteiger partial charge in [-0.05, 0) is 18.9 Å². The summed E-state index contributed by atoms with van der Waals surface area (Å²) in [6, 6.07) is 8.07. The fourth-order valence-electron chi connectivity index (χ4n) is 3.45. The molecule has 2 aromatic rings. The summed E-state index contributed by atoms with van der Waals surface area (Å²) in [6.07, 6.45) is 7.94. The summed E-state index contributed by atoms with van der Waals surface area (Å²) in [5.74, 6) is 1.09. The van der Waals surface area contributed by atoms with E-state index in [1.54, 1.807) is 11.8 Å². The van der Waals surface area contributed by atoms with Gasteiger partial charge >= 0.3 is 6.03 Å². The van der Waals surface area contributed by atoms with Gasteiger partial charge in [0.25, 0.3) is 0 Å². The number of benzene rings is 1. The standard InChI is InChI=1S/C18H22N4OS/c23-17(19-13-6-2-1-3-7-13)20-15-9-5-4-8-14(15)16-12-22-10-11-24-18(22)21-16/h4-5,8-9,12-13H,1-3,6-7,10-11H2,(H2,19,20,23). The number of aromatic nitrogens is 2. The molecule has 0 saturated heterocycles. The fraction of sp³-hybridized carbons (Fsp3) is 0.444. The molecule has 24 heavy (non-hydrogen) atoms. The van der Waals surface area contributed by atoms with Crippen LogP contribution in [0.1, 0.15) is 32.1 Å². The second-order valence-corrected chi connectivity index (χ2v) is 7.49. The van der Waals surface area contributed by atoms with Crippen LogP contribution in [-0.4, -0.2) is 27.4 Å². The normalized spacial score (nSPS) is 17.5. The van der Waals surface area contributed by atoms with Crippen molar-refractivity contribution in [3.63, 3.8) is 0 Å². The minimum Gasteiger partial charge on any atom is -0.335 e. The van der Waals surface area contributed by atoms with E-state index in [4.69, 9.17) is 4.98 Å². The lowest BCUT2D eigenvalue weighted by Crippen LogP contribution is -2.39. The number of hydrogen-bond donors (Lipinski definition) is 2. The summed E-state index contributed by atoms with van der Waals surface area (Å²) >= 11 is 1.78. The zero-order valence-corrected chi connectivity index (χ0v) is 14.4. The van der Waals surface area contributed by atoms with Crippen molar-refractivity contribution in [1.82, 2.24) is 14.9 Å². The lowest BCUT2D eigenvalue weighted by molar-refractivity contribution is 0.244. The Morgan fingerprint density at radius 3 is 2.88 bits per heavy atom. The first-order valence-corrected chi connectivity index (χ1v) is 9.65. The number of amides is 2. The first kappa shape index (κ1) is 15.6. The molecule has 0 radical (unpaired) electrons. The number of para-hydroxylation sites is 1. The van der Waals surface area contributed by atoms with Crippen LogP contribution in [0, 0.1) is 0 Å². The van der Waals surface area contributed by atoms with Gasteiger partial charge in [0.05, 0.1) is 11.4 Å². The number of nitrogens with zero attached hydrogens (tertiary/aromatic N) is 2. The highest BCUT2D eigenvalue weighted by Crippen LogP contribution is 2.32. The lowest BCUT2D eigenvalue weighted by Gasteiger charge is -2.23. The monoisotopic (exact) mass is 342 g/mol. The SMILES string of the molecule is O=C(Nc1ccccc1-c1cn2c(n1)SCC2)NC1CCCCC1. The largest absolute Gasteiger partial charge is 0.335 e. The molecule has 4 rings (SSSR count). The number of hydrogen-bond acceptors (Lipinski definition) is 3. The van der Waals surface area contributed by atoms with Crippen LogP contribution >= 0.6 is 11.8 Å². The molecule has 0 atom stereocenters. The van der Waals surface area contributed by atoms with E-state index in [1.807, 2.05) is 24.3 Å². The number of thioether (sulfide) groups is 1. The van der Waals surface area contributed by atoms with Gasteiger partial charge in [-0.2, -0.15) is 0 Å². The van der Waals surface area contributed by atoms with Gasteiger partial charge in [0, 0.05) is 30.1 Å². The Balaban J connectivity index is 1.49. The van der Waals surface area contributed by atoms with Crippen molar-refractivity contribution in [2.45, 2.75) is 49.8 Å². The van der Waals surface area contributed by atoms with Gasteiger partial charge in [0.2, 0.25) is 0 Å². The molecule has 1 fully saturated rings. The van der Waals surface area contributed by atoms with Crippen molar-refractivity contribution < 1.29 is 4.79 Å². The Morgan fingerprint density at radius 1 is 1.21 bits per heavy atom. The summed E-state index contributed by atoms with van der Waals surface area (Å²) < 4.78 is 2.18. The maximum absolute atomic E-state index is 12.4. The van der Waals surface area contributed by atoms with E-state index in [9.17, 15) is 4.79 Å². The first-order chi connectivity index (χ1) is 11.8. The topological polar surface area (TPSA) is 59.0 Å². The van der Waals surface area contributed by atoms with E-state index in [0.717, 1.165) is 47.2 Å². The third-order valence-corrected chi connectivity index (χ3v) is 5.67. The van der Waals surface area contributed by atoms with Crippen LogP contribution < -0.4 is 10.6 Å². The zero-order chi connectivity index (χ0) is 16.4. The van der Waals surface area contributed by atoms with Gasteiger partial charge in [0.15, 0.2) is 5.16 Å². The highest BCUT2D eigenvalue weighted by molar-refractivity contribution is 7.99. The number of rotatable bonds is 3. The third kappa shape index (κ3) is 3.29. The molecule has 1 aromatic carbocycles. The number of urea groups is 1. The van der Waals surface area contributed by atoms with Gasteiger partial charge in [-0.1, -0.05) is 49.2 Å². The third-order valence-electron chi connectivity index (χ3n) is 4.69. The molecular formula is C18H22N4OS. The minimum atomic E-state index is -0.115. The minimum absolute atomic E-state index is 0.115.